The Hall–Kier alpha value is -4.73. The van der Waals surface area contributed by atoms with Crippen LogP contribution < -0.4 is 9.64 Å². The van der Waals surface area contributed by atoms with Gasteiger partial charge in [-0.05, 0) is 81.7 Å². The minimum Gasteiger partial charge on any atom is -0.503 e. The maximum atomic E-state index is 15.4. The van der Waals surface area contributed by atoms with Crippen LogP contribution >= 0.6 is 27.5 Å². The highest BCUT2D eigenvalue weighted by Gasteiger charge is 2.70. The number of rotatable bonds is 6. The molecule has 0 aromatic heterocycles. The highest BCUT2D eigenvalue weighted by atomic mass is 79.9. The van der Waals surface area contributed by atoms with Gasteiger partial charge in [-0.25, -0.2) is 4.90 Å². The van der Waals surface area contributed by atoms with Gasteiger partial charge in [-0.1, -0.05) is 90.0 Å². The van der Waals surface area contributed by atoms with E-state index in [4.69, 9.17) is 16.3 Å². The van der Waals surface area contributed by atoms with Crippen LogP contribution in [0.4, 0.5) is 5.69 Å². The van der Waals surface area contributed by atoms with Crippen molar-refractivity contribution in [2.24, 2.45) is 23.7 Å². The van der Waals surface area contributed by atoms with Crippen LogP contribution in [-0.4, -0.2) is 40.7 Å². The van der Waals surface area contributed by atoms with E-state index in [-0.39, 0.29) is 36.3 Å². The summed E-state index contributed by atoms with van der Waals surface area (Å²) in [6, 6.07) is 28.9. The smallest absolute Gasteiger partial charge is 0.246 e. The predicted molar refractivity (Wildman–Crippen MR) is 190 cm³/mol. The molecule has 2 aliphatic heterocycles. The number of ether oxygens (including phenoxy) is 1. The Labute approximate surface area is 302 Å². The molecule has 3 fully saturated rings. The largest absolute Gasteiger partial charge is 0.503 e. The number of phenols is 1. The van der Waals surface area contributed by atoms with Gasteiger partial charge in [0.1, 0.15) is 0 Å². The van der Waals surface area contributed by atoms with Gasteiger partial charge in [-0.2, -0.15) is 0 Å². The summed E-state index contributed by atoms with van der Waals surface area (Å²) < 4.78 is 5.94. The zero-order valence-corrected chi connectivity index (χ0v) is 29.3. The summed E-state index contributed by atoms with van der Waals surface area (Å²) >= 11 is 9.89. The number of carbonyl (C=O) groups is 4. The fourth-order valence-electron chi connectivity index (χ4n) is 9.02. The lowest BCUT2D eigenvalue weighted by Gasteiger charge is -2.50. The Morgan fingerprint density at radius 1 is 0.880 bits per heavy atom. The number of amides is 4. The fourth-order valence-corrected chi connectivity index (χ4v) is 9.67. The molecule has 8 rings (SSSR count). The first kappa shape index (κ1) is 32.5. The molecule has 2 heterocycles. The van der Waals surface area contributed by atoms with Crippen molar-refractivity contribution in [1.29, 1.82) is 0 Å². The van der Waals surface area contributed by atoms with E-state index in [1.165, 1.54) is 16.9 Å². The number of aromatic hydroxyl groups is 1. The quantitative estimate of drug-likeness (QED) is 0.166. The second-order valence-electron chi connectivity index (χ2n) is 13.4. The average molecular weight is 752 g/mol. The molecule has 2 saturated heterocycles. The summed E-state index contributed by atoms with van der Waals surface area (Å²) in [6.45, 7) is 0.163. The van der Waals surface area contributed by atoms with E-state index in [2.05, 4.69) is 15.9 Å². The first-order chi connectivity index (χ1) is 24.2. The van der Waals surface area contributed by atoms with Crippen LogP contribution in [-0.2, 0) is 31.1 Å². The highest BCUT2D eigenvalue weighted by molar-refractivity contribution is 9.10. The van der Waals surface area contributed by atoms with Crippen LogP contribution in [0.3, 0.4) is 0 Å². The SMILES string of the molecule is COc1cc(C2C3=CCC4C(=O)N(Cc5ccccc5)C(=O)C4C3CC3C(=O)N(c4cccc(Cl)c4)C(=O)C32c2ccccc2)cc(Br)c1O. The second-order valence-corrected chi connectivity index (χ2v) is 14.7. The molecule has 6 atom stereocenters. The number of carbonyl (C=O) groups excluding carboxylic acids is 4. The van der Waals surface area contributed by atoms with Crippen LogP contribution in [0.1, 0.15) is 35.4 Å². The molecule has 4 aliphatic rings. The van der Waals surface area contributed by atoms with Gasteiger partial charge in [0.05, 0.1) is 47.0 Å². The number of anilines is 1. The molecule has 4 amide bonds. The van der Waals surface area contributed by atoms with Crippen molar-refractivity contribution >= 4 is 56.8 Å². The zero-order chi connectivity index (χ0) is 34.9. The fraction of sp³-hybridized carbons (Fsp3) is 0.250. The molecule has 0 radical (unpaired) electrons. The Kier molecular flexibility index (Phi) is 7.95. The van der Waals surface area contributed by atoms with Crippen molar-refractivity contribution in [1.82, 2.24) is 4.90 Å². The number of nitrogens with zero attached hydrogens (tertiary/aromatic N) is 2. The van der Waals surface area contributed by atoms with Crippen molar-refractivity contribution < 1.29 is 29.0 Å². The van der Waals surface area contributed by atoms with E-state index in [9.17, 15) is 19.5 Å². The van der Waals surface area contributed by atoms with E-state index >= 15 is 4.79 Å². The molecular formula is C40H32BrClN2O6. The molecule has 252 valence electrons. The van der Waals surface area contributed by atoms with Gasteiger partial charge in [0.25, 0.3) is 0 Å². The predicted octanol–water partition coefficient (Wildman–Crippen LogP) is 7.18. The summed E-state index contributed by atoms with van der Waals surface area (Å²) in [5, 5.41) is 11.2. The van der Waals surface area contributed by atoms with Crippen LogP contribution in [0.15, 0.2) is 113 Å². The number of halogens is 2. The van der Waals surface area contributed by atoms with Gasteiger partial charge < -0.3 is 9.84 Å². The van der Waals surface area contributed by atoms with Crippen molar-refractivity contribution in [2.75, 3.05) is 12.0 Å². The Morgan fingerprint density at radius 2 is 1.60 bits per heavy atom. The summed E-state index contributed by atoms with van der Waals surface area (Å²) in [4.78, 5) is 61.2. The van der Waals surface area contributed by atoms with Crippen LogP contribution in [0.5, 0.6) is 11.5 Å². The molecular weight excluding hydrogens is 720 g/mol. The molecule has 1 saturated carbocycles. The minimum atomic E-state index is -1.44. The number of hydrogen-bond donors (Lipinski definition) is 1. The number of allylic oxidation sites excluding steroid dienone is 2. The third-order valence-electron chi connectivity index (χ3n) is 11.0. The van der Waals surface area contributed by atoms with Gasteiger partial charge in [-0.15, -0.1) is 0 Å². The van der Waals surface area contributed by atoms with E-state index in [0.29, 0.717) is 32.7 Å². The molecule has 4 aromatic rings. The highest BCUT2D eigenvalue weighted by Crippen LogP contribution is 2.65. The van der Waals surface area contributed by atoms with E-state index in [1.807, 2.05) is 66.7 Å². The lowest BCUT2D eigenvalue weighted by atomic mass is 9.49. The van der Waals surface area contributed by atoms with Crippen molar-refractivity contribution in [3.8, 4) is 11.5 Å². The molecule has 1 N–H and O–H groups in total. The Balaban J connectivity index is 1.35. The van der Waals surface area contributed by atoms with Crippen LogP contribution in [0.2, 0.25) is 5.02 Å². The van der Waals surface area contributed by atoms with Crippen LogP contribution in [0.25, 0.3) is 0 Å². The average Bonchev–Trinajstić information content (AvgIpc) is 3.50. The monoisotopic (exact) mass is 750 g/mol. The lowest BCUT2D eigenvalue weighted by Crippen LogP contribution is -2.53. The minimum absolute atomic E-state index is 0.103. The topological polar surface area (TPSA) is 104 Å². The Morgan fingerprint density at radius 3 is 2.30 bits per heavy atom. The van der Waals surface area contributed by atoms with Gasteiger partial charge in [0.15, 0.2) is 11.5 Å². The molecule has 8 nitrogen and oxygen atoms in total. The number of imide groups is 2. The van der Waals surface area contributed by atoms with Crippen molar-refractivity contribution in [2.45, 2.75) is 30.7 Å². The lowest BCUT2D eigenvalue weighted by molar-refractivity contribution is -0.141. The summed E-state index contributed by atoms with van der Waals surface area (Å²) in [6.07, 6.45) is 2.52. The third-order valence-corrected chi connectivity index (χ3v) is 11.9. The Bertz CT molecular complexity index is 2110. The van der Waals surface area contributed by atoms with Gasteiger partial charge in [-0.3, -0.25) is 24.1 Å². The number of hydrogen-bond acceptors (Lipinski definition) is 6. The summed E-state index contributed by atoms with van der Waals surface area (Å²) in [7, 11) is 1.45. The molecule has 6 unspecified atom stereocenters. The van der Waals surface area contributed by atoms with E-state index in [1.54, 1.807) is 36.4 Å². The molecule has 50 heavy (non-hydrogen) atoms. The number of methoxy groups -OCH3 is 1. The van der Waals surface area contributed by atoms with Gasteiger partial charge in [0.2, 0.25) is 23.6 Å². The first-order valence-electron chi connectivity index (χ1n) is 16.5. The van der Waals surface area contributed by atoms with Crippen LogP contribution in [0, 0.1) is 23.7 Å². The van der Waals surface area contributed by atoms with Crippen molar-refractivity contribution in [3.63, 3.8) is 0 Å². The first-order valence-corrected chi connectivity index (χ1v) is 17.7. The molecule has 10 heteroatoms. The number of fused-ring (bicyclic) bond motifs is 4. The van der Waals surface area contributed by atoms with Crippen molar-refractivity contribution in [3.05, 3.63) is 135 Å². The maximum absolute atomic E-state index is 15.4. The molecule has 0 spiro atoms. The normalized spacial score (nSPS) is 27.2. The third kappa shape index (κ3) is 4.70. The molecule has 0 bridgehead atoms. The molecule has 4 aromatic carbocycles. The van der Waals surface area contributed by atoms with Gasteiger partial charge in [0, 0.05) is 10.9 Å². The number of phenolic OH excluding ortho intramolecular Hbond substituents is 1. The maximum Gasteiger partial charge on any atom is 0.246 e. The number of likely N-dealkylation sites (tertiary alicyclic amines) is 1. The van der Waals surface area contributed by atoms with Gasteiger partial charge >= 0.3 is 0 Å². The van der Waals surface area contributed by atoms with E-state index < -0.39 is 46.8 Å². The summed E-state index contributed by atoms with van der Waals surface area (Å²) in [5.41, 5.74) is 1.87. The number of benzene rings is 4. The standard InChI is InChI=1S/C40H32BrClN2O6/c1-50-32-18-23(17-31(41)35(32)45)34-27-15-16-28-33(38(48)43(36(28)46)21-22-9-4-2-5-10-22)29(27)20-30-37(47)44(26-14-8-13-25(42)19-26)39(49)40(30,34)24-11-6-3-7-12-24/h2-15,17-19,28-30,33-34,45H,16,20-21H2,1H3. The molecule has 2 aliphatic carbocycles. The second kappa shape index (κ2) is 12.2. The van der Waals surface area contributed by atoms with E-state index in [0.717, 1.165) is 11.1 Å². The zero-order valence-electron chi connectivity index (χ0n) is 27.0. The summed E-state index contributed by atoms with van der Waals surface area (Å²) in [5.74, 6) is -4.64.